The van der Waals surface area contributed by atoms with Crippen molar-refractivity contribution in [3.8, 4) is 5.75 Å². The van der Waals surface area contributed by atoms with Crippen molar-refractivity contribution in [2.45, 2.75) is 46.2 Å². The van der Waals surface area contributed by atoms with Crippen LogP contribution in [0, 0.1) is 5.92 Å². The number of nitrogens with one attached hydrogen (secondary N) is 1. The minimum atomic E-state index is 0.505. The monoisotopic (exact) mass is 235 g/mol. The smallest absolute Gasteiger partial charge is 0.123 e. The molecule has 1 N–H and O–H groups in total. The zero-order valence-electron chi connectivity index (χ0n) is 11.5. The van der Waals surface area contributed by atoms with Gasteiger partial charge in [-0.15, -0.1) is 0 Å². The van der Waals surface area contributed by atoms with E-state index < -0.39 is 0 Å². The Hall–Kier alpha value is -1.02. The highest BCUT2D eigenvalue weighted by atomic mass is 16.5. The van der Waals surface area contributed by atoms with Crippen molar-refractivity contribution in [3.05, 3.63) is 29.8 Å². The number of rotatable bonds is 4. The fraction of sp³-hybridized carbons (Fsp3) is 0.600. The summed E-state index contributed by atoms with van der Waals surface area (Å²) in [6.07, 6.45) is 2.97. The van der Waals surface area contributed by atoms with E-state index in [1.54, 1.807) is 7.11 Å². The molecular weight excluding hydrogens is 210 g/mol. The second kappa shape index (κ2) is 7.33. The largest absolute Gasteiger partial charge is 0.496 e. The van der Waals surface area contributed by atoms with E-state index in [1.165, 1.54) is 18.4 Å². The van der Waals surface area contributed by atoms with E-state index in [4.69, 9.17) is 4.74 Å². The molecular formula is C15H25NO. The van der Waals surface area contributed by atoms with Crippen LogP contribution >= 0.6 is 0 Å². The second-order valence-electron chi connectivity index (χ2n) is 5.03. The van der Waals surface area contributed by atoms with Crippen LogP contribution in [0.5, 0.6) is 5.75 Å². The van der Waals surface area contributed by atoms with Gasteiger partial charge in [-0.3, -0.25) is 0 Å². The molecule has 2 nitrogen and oxygen atoms in total. The molecule has 0 bridgehead atoms. The molecule has 1 aliphatic rings. The van der Waals surface area contributed by atoms with Gasteiger partial charge in [0, 0.05) is 18.2 Å². The van der Waals surface area contributed by atoms with E-state index in [1.807, 2.05) is 18.2 Å². The fourth-order valence-electron chi connectivity index (χ4n) is 1.33. The highest BCUT2D eigenvalue weighted by Gasteiger charge is 2.12. The van der Waals surface area contributed by atoms with Crippen molar-refractivity contribution in [1.29, 1.82) is 0 Å². The Bertz CT molecular complexity index is 318. The molecule has 0 amide bonds. The fourth-order valence-corrected chi connectivity index (χ4v) is 1.33. The first-order valence-corrected chi connectivity index (χ1v) is 6.48. The maximum absolute atomic E-state index is 5.24. The predicted octanol–water partition coefficient (Wildman–Crippen LogP) is 3.61. The number of ether oxygens (including phenoxy) is 1. The zero-order chi connectivity index (χ0) is 12.7. The number of para-hydroxylation sites is 1. The molecule has 0 spiro atoms. The summed E-state index contributed by atoms with van der Waals surface area (Å²) in [6.45, 7) is 7.41. The molecule has 0 aromatic heterocycles. The van der Waals surface area contributed by atoms with Gasteiger partial charge in [-0.2, -0.15) is 0 Å². The lowest BCUT2D eigenvalue weighted by molar-refractivity contribution is 0.406. The van der Waals surface area contributed by atoms with Gasteiger partial charge in [0.15, 0.2) is 0 Å². The predicted molar refractivity (Wildman–Crippen MR) is 73.4 cm³/mol. The SMILES string of the molecule is CC1CC1.COc1ccccc1CNC(C)C. The van der Waals surface area contributed by atoms with Gasteiger partial charge in [-0.1, -0.05) is 51.8 Å². The number of methoxy groups -OCH3 is 1. The van der Waals surface area contributed by atoms with Crippen LogP contribution in [0.15, 0.2) is 24.3 Å². The molecule has 0 radical (unpaired) electrons. The molecule has 0 unspecified atom stereocenters. The lowest BCUT2D eigenvalue weighted by Gasteiger charge is -2.11. The standard InChI is InChI=1S/C11H17NO.C4H8/c1-9(2)12-8-10-6-4-5-7-11(10)13-3;1-4-2-3-4/h4-7,9,12H,8H2,1-3H3;4H,2-3H2,1H3. The van der Waals surface area contributed by atoms with Gasteiger partial charge >= 0.3 is 0 Å². The van der Waals surface area contributed by atoms with E-state index in [0.717, 1.165) is 18.2 Å². The molecule has 1 fully saturated rings. The molecule has 17 heavy (non-hydrogen) atoms. The normalized spacial score (nSPS) is 14.2. The van der Waals surface area contributed by atoms with E-state index in [9.17, 15) is 0 Å². The molecule has 96 valence electrons. The van der Waals surface area contributed by atoms with Crippen LogP contribution in [0.25, 0.3) is 0 Å². The van der Waals surface area contributed by atoms with Gasteiger partial charge in [0.05, 0.1) is 7.11 Å². The Balaban J connectivity index is 0.000000302. The first-order valence-electron chi connectivity index (χ1n) is 6.48. The van der Waals surface area contributed by atoms with Crippen LogP contribution in [0.3, 0.4) is 0 Å². The molecule has 2 heteroatoms. The Kier molecular flexibility index (Phi) is 6.06. The van der Waals surface area contributed by atoms with Crippen LogP contribution in [-0.4, -0.2) is 13.2 Å². The average molecular weight is 235 g/mol. The molecule has 0 atom stereocenters. The lowest BCUT2D eigenvalue weighted by Crippen LogP contribution is -2.22. The first kappa shape index (κ1) is 14.0. The number of hydrogen-bond acceptors (Lipinski definition) is 2. The highest BCUT2D eigenvalue weighted by Crippen LogP contribution is 2.26. The van der Waals surface area contributed by atoms with Crippen LogP contribution in [-0.2, 0) is 6.54 Å². The van der Waals surface area contributed by atoms with Gasteiger partial charge in [0.2, 0.25) is 0 Å². The second-order valence-corrected chi connectivity index (χ2v) is 5.03. The van der Waals surface area contributed by atoms with E-state index in [0.29, 0.717) is 6.04 Å². The van der Waals surface area contributed by atoms with Crippen molar-refractivity contribution in [2.24, 2.45) is 5.92 Å². The third kappa shape index (κ3) is 6.32. The lowest BCUT2D eigenvalue weighted by atomic mass is 10.2. The van der Waals surface area contributed by atoms with Crippen molar-refractivity contribution >= 4 is 0 Å². The molecule has 1 saturated carbocycles. The van der Waals surface area contributed by atoms with E-state index in [-0.39, 0.29) is 0 Å². The van der Waals surface area contributed by atoms with Gasteiger partial charge < -0.3 is 10.1 Å². The number of hydrogen-bond donors (Lipinski definition) is 1. The van der Waals surface area contributed by atoms with Crippen LogP contribution < -0.4 is 10.1 Å². The molecule has 0 heterocycles. The van der Waals surface area contributed by atoms with E-state index >= 15 is 0 Å². The number of benzene rings is 1. The minimum absolute atomic E-state index is 0.505. The average Bonchev–Trinajstić information content (AvgIpc) is 3.10. The Morgan fingerprint density at radius 3 is 2.35 bits per heavy atom. The summed E-state index contributed by atoms with van der Waals surface area (Å²) in [5.41, 5.74) is 1.21. The van der Waals surface area contributed by atoms with E-state index in [2.05, 4.69) is 32.2 Å². The molecule has 1 aromatic carbocycles. The molecule has 1 aromatic rings. The zero-order valence-corrected chi connectivity index (χ0v) is 11.5. The Morgan fingerprint density at radius 2 is 1.88 bits per heavy atom. The summed E-state index contributed by atoms with van der Waals surface area (Å²) >= 11 is 0. The van der Waals surface area contributed by atoms with Gasteiger partial charge in [-0.05, 0) is 12.0 Å². The maximum atomic E-state index is 5.24. The Labute approximate surface area is 105 Å². The summed E-state index contributed by atoms with van der Waals surface area (Å²) in [5, 5.41) is 3.36. The first-order chi connectivity index (χ1) is 8.13. The summed E-state index contributed by atoms with van der Waals surface area (Å²) in [6, 6.07) is 8.58. The van der Waals surface area contributed by atoms with Crippen molar-refractivity contribution < 1.29 is 4.74 Å². The Morgan fingerprint density at radius 1 is 1.29 bits per heavy atom. The molecule has 0 aliphatic heterocycles. The molecule has 1 aliphatic carbocycles. The van der Waals surface area contributed by atoms with Crippen molar-refractivity contribution in [2.75, 3.05) is 7.11 Å². The van der Waals surface area contributed by atoms with Gasteiger partial charge in [-0.25, -0.2) is 0 Å². The molecule has 0 saturated heterocycles. The molecule has 2 rings (SSSR count). The third-order valence-electron chi connectivity index (χ3n) is 2.76. The van der Waals surface area contributed by atoms with Crippen LogP contribution in [0.2, 0.25) is 0 Å². The third-order valence-corrected chi connectivity index (χ3v) is 2.76. The van der Waals surface area contributed by atoms with Gasteiger partial charge in [0.1, 0.15) is 5.75 Å². The summed E-state index contributed by atoms with van der Waals surface area (Å²) < 4.78 is 5.24. The van der Waals surface area contributed by atoms with Crippen molar-refractivity contribution in [1.82, 2.24) is 5.32 Å². The summed E-state index contributed by atoms with van der Waals surface area (Å²) in [4.78, 5) is 0. The maximum Gasteiger partial charge on any atom is 0.123 e. The summed E-state index contributed by atoms with van der Waals surface area (Å²) in [7, 11) is 1.70. The topological polar surface area (TPSA) is 21.3 Å². The van der Waals surface area contributed by atoms with Gasteiger partial charge in [0.25, 0.3) is 0 Å². The summed E-state index contributed by atoms with van der Waals surface area (Å²) in [5.74, 6) is 2.04. The van der Waals surface area contributed by atoms with Crippen LogP contribution in [0.1, 0.15) is 39.2 Å². The van der Waals surface area contributed by atoms with Crippen molar-refractivity contribution in [3.63, 3.8) is 0 Å². The highest BCUT2D eigenvalue weighted by molar-refractivity contribution is 5.32. The minimum Gasteiger partial charge on any atom is -0.496 e. The van der Waals surface area contributed by atoms with Crippen LogP contribution in [0.4, 0.5) is 0 Å². The quantitative estimate of drug-likeness (QED) is 0.860.